The summed E-state index contributed by atoms with van der Waals surface area (Å²) in [5.74, 6) is -0.453. The van der Waals surface area contributed by atoms with Crippen molar-refractivity contribution in [3.63, 3.8) is 0 Å². The molecular formula is C13H13NO5. The lowest BCUT2D eigenvalue weighted by atomic mass is 9.94. The van der Waals surface area contributed by atoms with Gasteiger partial charge in [-0.05, 0) is 23.3 Å². The van der Waals surface area contributed by atoms with Gasteiger partial charge in [0.05, 0.1) is 19.8 Å². The number of hydrogen-bond acceptors (Lipinski definition) is 4. The van der Waals surface area contributed by atoms with E-state index in [1.807, 2.05) is 0 Å². The molecule has 0 saturated heterocycles. The van der Waals surface area contributed by atoms with E-state index in [1.54, 1.807) is 12.1 Å². The van der Waals surface area contributed by atoms with Crippen molar-refractivity contribution in [2.24, 2.45) is 0 Å². The lowest BCUT2D eigenvalue weighted by Gasteiger charge is -2.21. The SMILES string of the molecule is COc1cc2c(cc1OC)C(=CC(=O)O)CNC2=O. The van der Waals surface area contributed by atoms with Gasteiger partial charge in [0, 0.05) is 12.6 Å². The molecule has 0 spiro atoms. The van der Waals surface area contributed by atoms with Crippen molar-refractivity contribution in [3.05, 3.63) is 29.3 Å². The molecule has 1 aromatic rings. The molecule has 0 aliphatic carbocycles. The number of nitrogens with one attached hydrogen (secondary N) is 1. The average molecular weight is 263 g/mol. The summed E-state index contributed by atoms with van der Waals surface area (Å²) in [4.78, 5) is 22.6. The molecule has 1 amide bonds. The van der Waals surface area contributed by atoms with E-state index < -0.39 is 5.97 Å². The normalized spacial score (nSPS) is 15.7. The maximum absolute atomic E-state index is 11.8. The Kier molecular flexibility index (Phi) is 3.41. The number of rotatable bonds is 3. The van der Waals surface area contributed by atoms with Crippen LogP contribution in [0.3, 0.4) is 0 Å². The van der Waals surface area contributed by atoms with E-state index in [9.17, 15) is 9.59 Å². The fourth-order valence-corrected chi connectivity index (χ4v) is 1.98. The van der Waals surface area contributed by atoms with Crippen molar-refractivity contribution in [2.75, 3.05) is 20.8 Å². The minimum absolute atomic E-state index is 0.174. The van der Waals surface area contributed by atoms with Crippen LogP contribution in [0.2, 0.25) is 0 Å². The molecule has 19 heavy (non-hydrogen) atoms. The number of ether oxygens (including phenoxy) is 2. The molecule has 6 nitrogen and oxygen atoms in total. The maximum atomic E-state index is 11.8. The number of carboxylic acid groups (broad SMARTS) is 1. The molecule has 0 bridgehead atoms. The number of benzene rings is 1. The van der Waals surface area contributed by atoms with Gasteiger partial charge in [-0.2, -0.15) is 0 Å². The van der Waals surface area contributed by atoms with E-state index in [0.29, 0.717) is 28.2 Å². The van der Waals surface area contributed by atoms with Crippen molar-refractivity contribution in [3.8, 4) is 11.5 Å². The van der Waals surface area contributed by atoms with E-state index in [-0.39, 0.29) is 12.5 Å². The smallest absolute Gasteiger partial charge is 0.328 e. The van der Waals surface area contributed by atoms with E-state index in [2.05, 4.69) is 5.32 Å². The Morgan fingerprint density at radius 3 is 2.37 bits per heavy atom. The fraction of sp³-hybridized carbons (Fsp3) is 0.231. The summed E-state index contributed by atoms with van der Waals surface area (Å²) in [6.45, 7) is 0.174. The Balaban J connectivity index is 2.63. The molecule has 1 aromatic carbocycles. The Hall–Kier alpha value is -2.50. The summed E-state index contributed by atoms with van der Waals surface area (Å²) in [7, 11) is 2.95. The Morgan fingerprint density at radius 2 is 1.84 bits per heavy atom. The first-order valence-electron chi connectivity index (χ1n) is 5.55. The second-order valence-electron chi connectivity index (χ2n) is 3.94. The zero-order valence-electron chi connectivity index (χ0n) is 10.5. The van der Waals surface area contributed by atoms with Crippen LogP contribution in [0.1, 0.15) is 15.9 Å². The molecule has 2 rings (SSSR count). The zero-order valence-corrected chi connectivity index (χ0v) is 10.5. The van der Waals surface area contributed by atoms with Crippen molar-refractivity contribution >= 4 is 17.4 Å². The van der Waals surface area contributed by atoms with Crippen LogP contribution in [0.15, 0.2) is 18.2 Å². The highest BCUT2D eigenvalue weighted by atomic mass is 16.5. The van der Waals surface area contributed by atoms with Crippen LogP contribution in [-0.4, -0.2) is 37.7 Å². The molecule has 6 heteroatoms. The third kappa shape index (κ3) is 2.37. The molecule has 0 unspecified atom stereocenters. The fourth-order valence-electron chi connectivity index (χ4n) is 1.98. The Morgan fingerprint density at radius 1 is 1.26 bits per heavy atom. The summed E-state index contributed by atoms with van der Waals surface area (Å²) >= 11 is 0. The summed E-state index contributed by atoms with van der Waals surface area (Å²) in [5.41, 5.74) is 1.43. The van der Waals surface area contributed by atoms with E-state index in [0.717, 1.165) is 6.08 Å². The third-order valence-corrected chi connectivity index (χ3v) is 2.85. The van der Waals surface area contributed by atoms with Gasteiger partial charge in [0.25, 0.3) is 5.91 Å². The van der Waals surface area contributed by atoms with E-state index in [1.165, 1.54) is 14.2 Å². The van der Waals surface area contributed by atoms with Gasteiger partial charge in [0.15, 0.2) is 11.5 Å². The largest absolute Gasteiger partial charge is 0.493 e. The molecule has 0 radical (unpaired) electrons. The average Bonchev–Trinajstić information content (AvgIpc) is 2.40. The number of carbonyl (C=O) groups excluding carboxylic acids is 1. The first-order chi connectivity index (χ1) is 9.06. The maximum Gasteiger partial charge on any atom is 0.328 e. The van der Waals surface area contributed by atoms with Crippen molar-refractivity contribution < 1.29 is 24.2 Å². The molecule has 1 aliphatic heterocycles. The first kappa shape index (κ1) is 12.9. The number of aliphatic carboxylic acids is 1. The van der Waals surface area contributed by atoms with Gasteiger partial charge in [-0.15, -0.1) is 0 Å². The van der Waals surface area contributed by atoms with Crippen LogP contribution < -0.4 is 14.8 Å². The monoisotopic (exact) mass is 263 g/mol. The molecule has 1 aliphatic rings. The number of carboxylic acids is 1. The lowest BCUT2D eigenvalue weighted by molar-refractivity contribution is -0.131. The summed E-state index contributed by atoms with van der Waals surface area (Å²) in [6, 6.07) is 3.15. The summed E-state index contributed by atoms with van der Waals surface area (Å²) in [5, 5.41) is 11.5. The third-order valence-electron chi connectivity index (χ3n) is 2.85. The molecule has 0 atom stereocenters. The Bertz CT molecular complexity index is 577. The highest BCUT2D eigenvalue weighted by molar-refractivity contribution is 6.05. The van der Waals surface area contributed by atoms with Gasteiger partial charge in [-0.25, -0.2) is 4.79 Å². The molecule has 100 valence electrons. The van der Waals surface area contributed by atoms with Gasteiger partial charge in [0.1, 0.15) is 0 Å². The number of carbonyl (C=O) groups is 2. The van der Waals surface area contributed by atoms with Crippen molar-refractivity contribution in [1.29, 1.82) is 0 Å². The summed E-state index contributed by atoms with van der Waals surface area (Å²) in [6.07, 6.45) is 1.07. The zero-order chi connectivity index (χ0) is 14.0. The molecule has 0 fully saturated rings. The number of methoxy groups -OCH3 is 2. The first-order valence-corrected chi connectivity index (χ1v) is 5.55. The number of fused-ring (bicyclic) bond motifs is 1. The van der Waals surface area contributed by atoms with Crippen LogP contribution in [-0.2, 0) is 4.79 Å². The van der Waals surface area contributed by atoms with Crippen LogP contribution in [0.25, 0.3) is 5.57 Å². The van der Waals surface area contributed by atoms with Crippen LogP contribution in [0, 0.1) is 0 Å². The van der Waals surface area contributed by atoms with Gasteiger partial charge in [0.2, 0.25) is 0 Å². The van der Waals surface area contributed by atoms with Gasteiger partial charge >= 0.3 is 5.97 Å². The van der Waals surface area contributed by atoms with Crippen molar-refractivity contribution in [2.45, 2.75) is 0 Å². The second kappa shape index (κ2) is 5.01. The van der Waals surface area contributed by atoms with Gasteiger partial charge in [-0.1, -0.05) is 0 Å². The number of hydrogen-bond donors (Lipinski definition) is 2. The van der Waals surface area contributed by atoms with E-state index >= 15 is 0 Å². The number of amides is 1. The molecule has 2 N–H and O–H groups in total. The minimum Gasteiger partial charge on any atom is -0.493 e. The van der Waals surface area contributed by atoms with Crippen LogP contribution in [0.5, 0.6) is 11.5 Å². The van der Waals surface area contributed by atoms with Crippen LogP contribution in [0.4, 0.5) is 0 Å². The standard InChI is InChI=1S/C13H13NO5/c1-18-10-4-8-7(3-12(15)16)6-14-13(17)9(8)5-11(10)19-2/h3-5H,6H2,1-2H3,(H,14,17)(H,15,16). The predicted molar refractivity (Wildman–Crippen MR) is 67.5 cm³/mol. The molecular weight excluding hydrogens is 250 g/mol. The highest BCUT2D eigenvalue weighted by Crippen LogP contribution is 2.35. The molecule has 0 saturated carbocycles. The van der Waals surface area contributed by atoms with Gasteiger partial charge < -0.3 is 19.9 Å². The van der Waals surface area contributed by atoms with Crippen LogP contribution >= 0.6 is 0 Å². The lowest BCUT2D eigenvalue weighted by Crippen LogP contribution is -2.31. The van der Waals surface area contributed by atoms with E-state index in [4.69, 9.17) is 14.6 Å². The molecule has 1 heterocycles. The topological polar surface area (TPSA) is 84.9 Å². The predicted octanol–water partition coefficient (Wildman–Crippen LogP) is 0.915. The second-order valence-corrected chi connectivity index (χ2v) is 3.94. The van der Waals surface area contributed by atoms with Crippen molar-refractivity contribution in [1.82, 2.24) is 5.32 Å². The highest BCUT2D eigenvalue weighted by Gasteiger charge is 2.24. The quantitative estimate of drug-likeness (QED) is 0.792. The minimum atomic E-state index is -1.06. The molecule has 0 aromatic heterocycles. The Labute approximate surface area is 109 Å². The summed E-state index contributed by atoms with van der Waals surface area (Å²) < 4.78 is 10.3. The van der Waals surface area contributed by atoms with Gasteiger partial charge in [-0.3, -0.25) is 4.79 Å².